The van der Waals surface area contributed by atoms with Crippen molar-refractivity contribution >= 4 is 11.3 Å². The molecule has 84 valence electrons. The predicted molar refractivity (Wildman–Crippen MR) is 65.3 cm³/mol. The normalized spacial score (nSPS) is 20.4. The summed E-state index contributed by atoms with van der Waals surface area (Å²) in [5.74, 6) is 0.790. The molecular weight excluding hydrogens is 204 g/mol. The van der Waals surface area contributed by atoms with Crippen LogP contribution in [0.1, 0.15) is 54.8 Å². The molecule has 2 rings (SSSR count). The first kappa shape index (κ1) is 11.1. The van der Waals surface area contributed by atoms with Crippen LogP contribution in [0.2, 0.25) is 0 Å². The Morgan fingerprint density at radius 1 is 1.47 bits per heavy atom. The minimum atomic E-state index is 0.232. The topological polar surface area (TPSA) is 38.9 Å². The van der Waals surface area contributed by atoms with Crippen molar-refractivity contribution in [2.75, 3.05) is 0 Å². The SMILES string of the molecule is CC(N)Cc1ncc(C2CCCCC2)s1. The van der Waals surface area contributed by atoms with Gasteiger partial charge in [0.05, 0.1) is 5.01 Å². The molecule has 1 aromatic rings. The van der Waals surface area contributed by atoms with Crippen LogP contribution in [-0.2, 0) is 6.42 Å². The number of nitrogens with two attached hydrogens (primary N) is 1. The lowest BCUT2D eigenvalue weighted by atomic mass is 9.89. The van der Waals surface area contributed by atoms with Gasteiger partial charge >= 0.3 is 0 Å². The number of thiazole rings is 1. The van der Waals surface area contributed by atoms with E-state index in [9.17, 15) is 0 Å². The third-order valence-electron chi connectivity index (χ3n) is 3.08. The van der Waals surface area contributed by atoms with Crippen molar-refractivity contribution in [2.24, 2.45) is 5.73 Å². The number of rotatable bonds is 3. The molecule has 1 fully saturated rings. The summed E-state index contributed by atoms with van der Waals surface area (Å²) < 4.78 is 0. The second-order valence-electron chi connectivity index (χ2n) is 4.67. The lowest BCUT2D eigenvalue weighted by Crippen LogP contribution is -2.17. The standard InChI is InChI=1S/C12H20N2S/c1-9(13)7-12-14-8-11(15-12)10-5-3-2-4-6-10/h8-10H,2-7,13H2,1H3. The van der Waals surface area contributed by atoms with Gasteiger partial charge in [-0.15, -0.1) is 11.3 Å². The van der Waals surface area contributed by atoms with Gasteiger partial charge in [-0.05, 0) is 25.7 Å². The number of hydrogen-bond acceptors (Lipinski definition) is 3. The zero-order valence-corrected chi connectivity index (χ0v) is 10.2. The Hall–Kier alpha value is -0.410. The van der Waals surface area contributed by atoms with Gasteiger partial charge in [-0.1, -0.05) is 19.3 Å². The molecule has 0 aromatic carbocycles. The fraction of sp³-hybridized carbons (Fsp3) is 0.750. The molecule has 1 heterocycles. The molecule has 2 N–H and O–H groups in total. The average molecular weight is 224 g/mol. The Morgan fingerprint density at radius 2 is 2.20 bits per heavy atom. The largest absolute Gasteiger partial charge is 0.328 e. The molecule has 0 amide bonds. The first-order valence-corrected chi connectivity index (χ1v) is 6.77. The molecule has 1 aromatic heterocycles. The van der Waals surface area contributed by atoms with E-state index in [4.69, 9.17) is 5.73 Å². The van der Waals surface area contributed by atoms with Crippen molar-refractivity contribution in [3.8, 4) is 0 Å². The molecule has 2 nitrogen and oxygen atoms in total. The van der Waals surface area contributed by atoms with Crippen LogP contribution in [0.25, 0.3) is 0 Å². The van der Waals surface area contributed by atoms with Gasteiger partial charge in [0.25, 0.3) is 0 Å². The summed E-state index contributed by atoms with van der Waals surface area (Å²) in [7, 11) is 0. The molecule has 1 saturated carbocycles. The third kappa shape index (κ3) is 3.02. The number of hydrogen-bond donors (Lipinski definition) is 1. The van der Waals surface area contributed by atoms with Crippen LogP contribution >= 0.6 is 11.3 Å². The maximum absolute atomic E-state index is 5.78. The van der Waals surface area contributed by atoms with Crippen LogP contribution in [0.4, 0.5) is 0 Å². The molecule has 1 aliphatic rings. The van der Waals surface area contributed by atoms with E-state index in [-0.39, 0.29) is 6.04 Å². The van der Waals surface area contributed by atoms with Crippen LogP contribution in [-0.4, -0.2) is 11.0 Å². The Balaban J connectivity index is 1.99. The Kier molecular flexibility index (Phi) is 3.76. The van der Waals surface area contributed by atoms with E-state index < -0.39 is 0 Å². The van der Waals surface area contributed by atoms with Crippen LogP contribution in [0, 0.1) is 0 Å². The summed E-state index contributed by atoms with van der Waals surface area (Å²) in [6.45, 7) is 2.04. The molecule has 3 heteroatoms. The summed E-state index contributed by atoms with van der Waals surface area (Å²) in [6.07, 6.45) is 9.94. The fourth-order valence-electron chi connectivity index (χ4n) is 2.27. The molecule has 0 spiro atoms. The number of nitrogens with zero attached hydrogens (tertiary/aromatic N) is 1. The Morgan fingerprint density at radius 3 is 2.87 bits per heavy atom. The van der Waals surface area contributed by atoms with E-state index >= 15 is 0 Å². The molecular formula is C12H20N2S. The first-order valence-electron chi connectivity index (χ1n) is 5.96. The maximum atomic E-state index is 5.78. The smallest absolute Gasteiger partial charge is 0.0943 e. The van der Waals surface area contributed by atoms with Crippen LogP contribution < -0.4 is 5.73 Å². The van der Waals surface area contributed by atoms with Crippen molar-refractivity contribution in [3.05, 3.63) is 16.1 Å². The molecule has 1 aliphatic carbocycles. The predicted octanol–water partition coefficient (Wildman–Crippen LogP) is 3.08. The monoisotopic (exact) mass is 224 g/mol. The molecule has 1 atom stereocenters. The van der Waals surface area contributed by atoms with Gasteiger partial charge < -0.3 is 5.73 Å². The van der Waals surface area contributed by atoms with Crippen molar-refractivity contribution < 1.29 is 0 Å². The van der Waals surface area contributed by atoms with Gasteiger partial charge in [0.2, 0.25) is 0 Å². The van der Waals surface area contributed by atoms with Crippen LogP contribution in [0.15, 0.2) is 6.20 Å². The molecule has 0 aliphatic heterocycles. The minimum Gasteiger partial charge on any atom is -0.328 e. The highest BCUT2D eigenvalue weighted by Gasteiger charge is 2.18. The molecule has 0 saturated heterocycles. The van der Waals surface area contributed by atoms with Crippen molar-refractivity contribution in [3.63, 3.8) is 0 Å². The zero-order chi connectivity index (χ0) is 10.7. The second-order valence-corrected chi connectivity index (χ2v) is 5.82. The van der Waals surface area contributed by atoms with Crippen LogP contribution in [0.3, 0.4) is 0 Å². The van der Waals surface area contributed by atoms with E-state index in [0.717, 1.165) is 12.3 Å². The van der Waals surface area contributed by atoms with Gasteiger partial charge in [-0.2, -0.15) is 0 Å². The van der Waals surface area contributed by atoms with Gasteiger partial charge in [-0.3, -0.25) is 0 Å². The molecule has 15 heavy (non-hydrogen) atoms. The first-order chi connectivity index (χ1) is 7.25. The van der Waals surface area contributed by atoms with E-state index in [1.54, 1.807) is 0 Å². The van der Waals surface area contributed by atoms with E-state index in [2.05, 4.69) is 11.2 Å². The van der Waals surface area contributed by atoms with Crippen molar-refractivity contribution in [1.82, 2.24) is 4.98 Å². The van der Waals surface area contributed by atoms with Crippen molar-refractivity contribution in [1.29, 1.82) is 0 Å². The maximum Gasteiger partial charge on any atom is 0.0943 e. The van der Waals surface area contributed by atoms with Gasteiger partial charge in [0, 0.05) is 23.5 Å². The lowest BCUT2D eigenvalue weighted by Gasteiger charge is -2.19. The zero-order valence-electron chi connectivity index (χ0n) is 9.41. The third-order valence-corrected chi connectivity index (χ3v) is 4.26. The number of aromatic nitrogens is 1. The lowest BCUT2D eigenvalue weighted by molar-refractivity contribution is 0.448. The van der Waals surface area contributed by atoms with E-state index in [0.29, 0.717) is 0 Å². The highest BCUT2D eigenvalue weighted by molar-refractivity contribution is 7.11. The highest BCUT2D eigenvalue weighted by atomic mass is 32.1. The molecule has 1 unspecified atom stereocenters. The highest BCUT2D eigenvalue weighted by Crippen LogP contribution is 2.35. The van der Waals surface area contributed by atoms with Crippen LogP contribution in [0.5, 0.6) is 0 Å². The Bertz CT molecular complexity index is 300. The van der Waals surface area contributed by atoms with Crippen molar-refractivity contribution in [2.45, 2.75) is 57.4 Å². The molecule has 0 bridgehead atoms. The second kappa shape index (κ2) is 5.08. The average Bonchev–Trinajstić information content (AvgIpc) is 2.67. The quantitative estimate of drug-likeness (QED) is 0.857. The minimum absolute atomic E-state index is 0.232. The molecule has 0 radical (unpaired) electrons. The summed E-state index contributed by atoms with van der Waals surface area (Å²) in [5.41, 5.74) is 5.78. The summed E-state index contributed by atoms with van der Waals surface area (Å²) in [6, 6.07) is 0.232. The van der Waals surface area contributed by atoms with Gasteiger partial charge in [0.1, 0.15) is 0 Å². The fourth-order valence-corrected chi connectivity index (χ4v) is 3.50. The Labute approximate surface area is 95.9 Å². The van der Waals surface area contributed by atoms with E-state index in [1.165, 1.54) is 42.0 Å². The summed E-state index contributed by atoms with van der Waals surface area (Å²) in [5, 5.41) is 1.21. The van der Waals surface area contributed by atoms with E-state index in [1.807, 2.05) is 18.3 Å². The van der Waals surface area contributed by atoms with Gasteiger partial charge in [-0.25, -0.2) is 4.98 Å². The van der Waals surface area contributed by atoms with Gasteiger partial charge in [0.15, 0.2) is 0 Å². The summed E-state index contributed by atoms with van der Waals surface area (Å²) >= 11 is 1.88. The summed E-state index contributed by atoms with van der Waals surface area (Å²) in [4.78, 5) is 5.96.